The van der Waals surface area contributed by atoms with Crippen molar-refractivity contribution in [3.8, 4) is 0 Å². The van der Waals surface area contributed by atoms with Gasteiger partial charge in [-0.05, 0) is 38.8 Å². The highest BCUT2D eigenvalue weighted by atomic mass is 32.2. The van der Waals surface area contributed by atoms with Crippen molar-refractivity contribution in [2.24, 2.45) is 0 Å². The third-order valence-corrected chi connectivity index (χ3v) is 5.13. The molecule has 1 amide bonds. The summed E-state index contributed by atoms with van der Waals surface area (Å²) in [4.78, 5) is 27.0. The number of rotatable bonds is 4. The maximum atomic E-state index is 12.9. The number of benzene rings is 1. The van der Waals surface area contributed by atoms with E-state index in [2.05, 4.69) is 0 Å². The van der Waals surface area contributed by atoms with Gasteiger partial charge in [-0.25, -0.2) is 4.79 Å². The molecule has 0 saturated carbocycles. The van der Waals surface area contributed by atoms with Gasteiger partial charge >= 0.3 is 5.97 Å². The molecular formula is C17H23NO3S. The molecule has 1 aromatic carbocycles. The van der Waals surface area contributed by atoms with E-state index < -0.39 is 6.04 Å². The number of carbonyl (C=O) groups is 2. The van der Waals surface area contributed by atoms with Gasteiger partial charge in [0.15, 0.2) is 0 Å². The fourth-order valence-corrected chi connectivity index (χ4v) is 3.93. The molecule has 0 spiro atoms. The first kappa shape index (κ1) is 16.9. The van der Waals surface area contributed by atoms with Gasteiger partial charge < -0.3 is 9.64 Å². The first-order valence-corrected chi connectivity index (χ1v) is 8.71. The number of aryl methyl sites for hydroxylation is 1. The van der Waals surface area contributed by atoms with Gasteiger partial charge in [0.25, 0.3) is 5.91 Å². The van der Waals surface area contributed by atoms with E-state index in [0.717, 1.165) is 12.0 Å². The fraction of sp³-hybridized carbons (Fsp3) is 0.529. The van der Waals surface area contributed by atoms with Crippen molar-refractivity contribution in [1.82, 2.24) is 4.90 Å². The minimum Gasteiger partial charge on any atom is -0.461 e. The summed E-state index contributed by atoms with van der Waals surface area (Å²) in [5.41, 5.74) is 1.58. The number of ether oxygens (including phenoxy) is 1. The lowest BCUT2D eigenvalue weighted by atomic mass is 10.1. The normalized spacial score (nSPS) is 21.2. The minimum absolute atomic E-state index is 0.0248. The summed E-state index contributed by atoms with van der Waals surface area (Å²) in [5.74, 6) is 0.211. The number of esters is 1. The van der Waals surface area contributed by atoms with Gasteiger partial charge in [0, 0.05) is 11.3 Å². The quantitative estimate of drug-likeness (QED) is 0.799. The molecule has 0 aliphatic carbocycles. The fourth-order valence-electron chi connectivity index (χ4n) is 2.59. The van der Waals surface area contributed by atoms with Crippen LogP contribution in [0.15, 0.2) is 24.3 Å². The molecule has 0 N–H and O–H groups in total. The number of amides is 1. The van der Waals surface area contributed by atoms with Crippen LogP contribution in [0.2, 0.25) is 0 Å². The smallest absolute Gasteiger partial charge is 0.330 e. The lowest BCUT2D eigenvalue weighted by Crippen LogP contribution is -2.46. The summed E-state index contributed by atoms with van der Waals surface area (Å²) in [7, 11) is 0. The number of hydrogen-bond donors (Lipinski definition) is 0. The van der Waals surface area contributed by atoms with Gasteiger partial charge in [0.05, 0.1) is 11.5 Å². The Hall–Kier alpha value is -1.49. The van der Waals surface area contributed by atoms with Gasteiger partial charge in [-0.1, -0.05) is 25.1 Å². The maximum Gasteiger partial charge on any atom is 0.330 e. The number of hydrogen-bond acceptors (Lipinski definition) is 4. The molecular weight excluding hydrogens is 298 g/mol. The molecule has 120 valence electrons. The number of nitrogens with zero attached hydrogens (tertiary/aromatic N) is 1. The third-order valence-electron chi connectivity index (χ3n) is 3.68. The topological polar surface area (TPSA) is 46.6 Å². The second kappa shape index (κ2) is 7.18. The molecule has 1 aromatic rings. The lowest BCUT2D eigenvalue weighted by molar-refractivity contribution is -0.151. The van der Waals surface area contributed by atoms with E-state index in [0.29, 0.717) is 11.3 Å². The first-order chi connectivity index (χ1) is 10.5. The Morgan fingerprint density at radius 1 is 1.36 bits per heavy atom. The van der Waals surface area contributed by atoms with Crippen LogP contribution in [0.1, 0.15) is 43.1 Å². The molecule has 1 saturated heterocycles. The van der Waals surface area contributed by atoms with E-state index in [9.17, 15) is 9.59 Å². The maximum absolute atomic E-state index is 12.9. The third kappa shape index (κ3) is 3.46. The predicted molar refractivity (Wildman–Crippen MR) is 88.9 cm³/mol. The SMILES string of the molecule is CCC1SCC(C(=O)OC(C)C)N1C(=O)c1ccccc1C. The van der Waals surface area contributed by atoms with Gasteiger partial charge in [-0.3, -0.25) is 4.79 Å². The van der Waals surface area contributed by atoms with E-state index >= 15 is 0 Å². The summed E-state index contributed by atoms with van der Waals surface area (Å²) >= 11 is 1.65. The molecule has 0 bridgehead atoms. The van der Waals surface area contributed by atoms with Crippen molar-refractivity contribution < 1.29 is 14.3 Å². The predicted octanol–water partition coefficient (Wildman–Crippen LogP) is 3.24. The van der Waals surface area contributed by atoms with Crippen LogP contribution in [0, 0.1) is 6.92 Å². The highest BCUT2D eigenvalue weighted by Crippen LogP contribution is 2.33. The summed E-state index contributed by atoms with van der Waals surface area (Å²) in [6.45, 7) is 7.60. The van der Waals surface area contributed by atoms with Crippen molar-refractivity contribution in [2.45, 2.75) is 51.6 Å². The van der Waals surface area contributed by atoms with Crippen molar-refractivity contribution in [3.05, 3.63) is 35.4 Å². The van der Waals surface area contributed by atoms with Crippen LogP contribution < -0.4 is 0 Å². The van der Waals surface area contributed by atoms with Crippen LogP contribution in [-0.4, -0.2) is 40.0 Å². The summed E-state index contributed by atoms with van der Waals surface area (Å²) in [5, 5.41) is 0.0248. The number of carbonyl (C=O) groups excluding carboxylic acids is 2. The summed E-state index contributed by atoms with van der Waals surface area (Å²) < 4.78 is 5.33. The highest BCUT2D eigenvalue weighted by molar-refractivity contribution is 8.00. The van der Waals surface area contributed by atoms with E-state index in [-0.39, 0.29) is 23.4 Å². The average Bonchev–Trinajstić information content (AvgIpc) is 2.90. The van der Waals surface area contributed by atoms with Crippen LogP contribution in [0.25, 0.3) is 0 Å². The van der Waals surface area contributed by atoms with Crippen LogP contribution in [0.5, 0.6) is 0 Å². The monoisotopic (exact) mass is 321 g/mol. The zero-order valence-electron chi connectivity index (χ0n) is 13.5. The molecule has 1 fully saturated rings. The Morgan fingerprint density at radius 3 is 2.64 bits per heavy atom. The van der Waals surface area contributed by atoms with Gasteiger partial charge in [0.2, 0.25) is 0 Å². The van der Waals surface area contributed by atoms with Crippen LogP contribution in [0.4, 0.5) is 0 Å². The molecule has 1 aliphatic heterocycles. The highest BCUT2D eigenvalue weighted by Gasteiger charge is 2.42. The van der Waals surface area contributed by atoms with Crippen LogP contribution in [0.3, 0.4) is 0 Å². The van der Waals surface area contributed by atoms with Crippen molar-refractivity contribution in [3.63, 3.8) is 0 Å². The van der Waals surface area contributed by atoms with Gasteiger partial charge in [-0.2, -0.15) is 0 Å². The van der Waals surface area contributed by atoms with E-state index in [1.165, 1.54) is 0 Å². The Kier molecular flexibility index (Phi) is 5.51. The van der Waals surface area contributed by atoms with E-state index in [1.54, 1.807) is 16.7 Å². The minimum atomic E-state index is -0.496. The van der Waals surface area contributed by atoms with Gasteiger partial charge in [0.1, 0.15) is 6.04 Å². The van der Waals surface area contributed by atoms with Crippen molar-refractivity contribution in [1.29, 1.82) is 0 Å². The average molecular weight is 321 g/mol. The molecule has 5 heteroatoms. The van der Waals surface area contributed by atoms with Crippen molar-refractivity contribution >= 4 is 23.6 Å². The molecule has 2 rings (SSSR count). The first-order valence-electron chi connectivity index (χ1n) is 7.66. The molecule has 2 unspecified atom stereocenters. The molecule has 0 aromatic heterocycles. The Bertz CT molecular complexity index is 559. The molecule has 1 heterocycles. The second-order valence-corrected chi connectivity index (χ2v) is 6.94. The van der Waals surface area contributed by atoms with Gasteiger partial charge in [-0.15, -0.1) is 11.8 Å². The zero-order chi connectivity index (χ0) is 16.3. The van der Waals surface area contributed by atoms with Crippen LogP contribution >= 0.6 is 11.8 Å². The Balaban J connectivity index is 2.28. The zero-order valence-corrected chi connectivity index (χ0v) is 14.4. The second-order valence-electron chi connectivity index (χ2n) is 5.73. The molecule has 2 atom stereocenters. The molecule has 0 radical (unpaired) electrons. The lowest BCUT2D eigenvalue weighted by Gasteiger charge is -2.28. The Morgan fingerprint density at radius 2 is 2.05 bits per heavy atom. The van der Waals surface area contributed by atoms with Crippen molar-refractivity contribution in [2.75, 3.05) is 5.75 Å². The standard InChI is InChI=1S/C17H23NO3S/c1-5-15-18(14(10-22-15)17(20)21-11(2)3)16(19)13-9-7-6-8-12(13)4/h6-9,11,14-15H,5,10H2,1-4H3. The molecule has 1 aliphatic rings. The Labute approximate surface area is 136 Å². The van der Waals surface area contributed by atoms with E-state index in [4.69, 9.17) is 4.74 Å². The van der Waals surface area contributed by atoms with E-state index in [1.807, 2.05) is 52.0 Å². The molecule has 22 heavy (non-hydrogen) atoms. The molecule has 4 nitrogen and oxygen atoms in total. The summed E-state index contributed by atoms with van der Waals surface area (Å²) in [6, 6.07) is 7.00. The summed E-state index contributed by atoms with van der Waals surface area (Å²) in [6.07, 6.45) is 0.641. The number of thioether (sulfide) groups is 1. The van der Waals surface area contributed by atoms with Crippen LogP contribution in [-0.2, 0) is 9.53 Å². The largest absolute Gasteiger partial charge is 0.461 e.